The minimum atomic E-state index is -0.642. The van der Waals surface area contributed by atoms with E-state index in [4.69, 9.17) is 0 Å². The number of hydrogen-bond acceptors (Lipinski definition) is 1. The molecule has 13 rings (SSSR count). The molecular weight excluding hydrogens is 759 g/mol. The molecule has 1 heteroatoms. The Kier molecular flexibility index (Phi) is 7.80. The molecule has 3 aliphatic carbocycles. The van der Waals surface area contributed by atoms with Gasteiger partial charge in [0.25, 0.3) is 0 Å². The number of fused-ring (bicyclic) bond motifs is 9. The van der Waals surface area contributed by atoms with Crippen LogP contribution in [0.3, 0.4) is 0 Å². The van der Waals surface area contributed by atoms with Crippen molar-refractivity contribution in [3.63, 3.8) is 0 Å². The van der Waals surface area contributed by atoms with Crippen LogP contribution in [-0.2, 0) is 10.8 Å². The van der Waals surface area contributed by atoms with Crippen LogP contribution in [0.25, 0.3) is 55.6 Å². The van der Waals surface area contributed by atoms with Crippen LogP contribution < -0.4 is 4.90 Å². The van der Waals surface area contributed by atoms with Gasteiger partial charge in [-0.15, -0.1) is 0 Å². The van der Waals surface area contributed by atoms with E-state index in [0.29, 0.717) is 0 Å². The second-order valence-corrected chi connectivity index (χ2v) is 17.1. The van der Waals surface area contributed by atoms with Crippen molar-refractivity contribution < 1.29 is 0 Å². The molecule has 0 aliphatic heterocycles. The number of nitrogens with zero attached hydrogens (tertiary/aromatic N) is 1. The predicted molar refractivity (Wildman–Crippen MR) is 261 cm³/mol. The maximum Gasteiger partial charge on any atom is 0.0648 e. The van der Waals surface area contributed by atoms with E-state index in [9.17, 15) is 0 Å². The lowest BCUT2D eigenvalue weighted by Gasteiger charge is -2.62. The van der Waals surface area contributed by atoms with Gasteiger partial charge in [-0.1, -0.05) is 212 Å². The van der Waals surface area contributed by atoms with E-state index in [-0.39, 0.29) is 0 Å². The first-order valence-corrected chi connectivity index (χ1v) is 22.0. The Balaban J connectivity index is 1.15. The fraction of sp³-hybridized carbons (Fsp3) is 0.0323. The summed E-state index contributed by atoms with van der Waals surface area (Å²) in [6.07, 6.45) is 0. The lowest BCUT2D eigenvalue weighted by molar-refractivity contribution is 0.405. The van der Waals surface area contributed by atoms with Gasteiger partial charge in [-0.3, -0.25) is 0 Å². The molecule has 0 unspecified atom stereocenters. The monoisotopic (exact) mass is 799 g/mol. The first-order chi connectivity index (χ1) is 31.3. The van der Waals surface area contributed by atoms with Crippen LogP contribution in [0.2, 0.25) is 0 Å². The van der Waals surface area contributed by atoms with Crippen molar-refractivity contribution in [2.75, 3.05) is 4.90 Å². The van der Waals surface area contributed by atoms with E-state index < -0.39 is 10.8 Å². The normalized spacial score (nSPS) is 17.0. The zero-order valence-electron chi connectivity index (χ0n) is 34.6. The summed E-state index contributed by atoms with van der Waals surface area (Å²) in [5.74, 6) is 0. The summed E-state index contributed by atoms with van der Waals surface area (Å²) in [5, 5.41) is 0. The summed E-state index contributed by atoms with van der Waals surface area (Å²) in [5.41, 5.74) is 22.6. The lowest BCUT2D eigenvalue weighted by atomic mass is 9.38. The molecule has 0 spiro atoms. The average molecular weight is 800 g/mol. The standard InChI is InChI=1S/C62H41N/c1-3-18-42(19-4-1)44-34-36-46(37-35-44)63(47-23-17-22-45(40-47)43-20-5-2-6-21-43)48-38-39-54-53-28-11-14-31-57(53)61-55-29-12-7-24-49(55)51-26-9-15-32-58(51)62(61,60(54)41-48)59-33-16-10-27-52(59)50-25-8-13-30-56(50)61/h1-41H. The summed E-state index contributed by atoms with van der Waals surface area (Å²) >= 11 is 0. The van der Waals surface area contributed by atoms with Crippen LogP contribution >= 0.6 is 0 Å². The van der Waals surface area contributed by atoms with Gasteiger partial charge in [-0.05, 0) is 125 Å². The van der Waals surface area contributed by atoms with Gasteiger partial charge in [0.2, 0.25) is 0 Å². The van der Waals surface area contributed by atoms with Crippen molar-refractivity contribution in [3.05, 3.63) is 282 Å². The van der Waals surface area contributed by atoms with Gasteiger partial charge in [-0.25, -0.2) is 0 Å². The summed E-state index contributed by atoms with van der Waals surface area (Å²) in [4.78, 5) is 2.46. The van der Waals surface area contributed by atoms with Crippen molar-refractivity contribution in [1.82, 2.24) is 0 Å². The highest BCUT2D eigenvalue weighted by molar-refractivity contribution is 5.99. The van der Waals surface area contributed by atoms with Gasteiger partial charge in [0.1, 0.15) is 0 Å². The van der Waals surface area contributed by atoms with Gasteiger partial charge in [0, 0.05) is 17.1 Å². The van der Waals surface area contributed by atoms with Crippen LogP contribution in [0.1, 0.15) is 33.4 Å². The van der Waals surface area contributed by atoms with E-state index in [1.807, 2.05) is 0 Å². The minimum absolute atomic E-state index is 0.597. The highest BCUT2D eigenvalue weighted by Gasteiger charge is 2.66. The molecule has 0 bridgehead atoms. The largest absolute Gasteiger partial charge is 0.310 e. The first kappa shape index (κ1) is 35.7. The third-order valence-electron chi connectivity index (χ3n) is 14.2. The van der Waals surface area contributed by atoms with Crippen molar-refractivity contribution >= 4 is 17.1 Å². The summed E-state index contributed by atoms with van der Waals surface area (Å²) in [6, 6.07) is 93.1. The number of anilines is 3. The number of benzene rings is 10. The Morgan fingerprint density at radius 2 is 0.540 bits per heavy atom. The molecule has 10 aromatic carbocycles. The molecule has 0 radical (unpaired) electrons. The third-order valence-corrected chi connectivity index (χ3v) is 14.2. The predicted octanol–water partition coefficient (Wildman–Crippen LogP) is 15.8. The van der Waals surface area contributed by atoms with E-state index in [0.717, 1.165) is 17.1 Å². The zero-order valence-corrected chi connectivity index (χ0v) is 34.6. The van der Waals surface area contributed by atoms with Crippen molar-refractivity contribution in [2.24, 2.45) is 0 Å². The number of hydrogen-bond donors (Lipinski definition) is 0. The van der Waals surface area contributed by atoms with Crippen molar-refractivity contribution in [1.29, 1.82) is 0 Å². The van der Waals surface area contributed by atoms with E-state index in [1.54, 1.807) is 0 Å². The second-order valence-electron chi connectivity index (χ2n) is 17.1. The zero-order chi connectivity index (χ0) is 41.5. The Morgan fingerprint density at radius 1 is 0.206 bits per heavy atom. The second kappa shape index (κ2) is 13.8. The Bertz CT molecular complexity index is 3310. The topological polar surface area (TPSA) is 3.24 Å². The maximum atomic E-state index is 2.55. The first-order valence-electron chi connectivity index (χ1n) is 22.0. The van der Waals surface area contributed by atoms with Crippen LogP contribution in [-0.4, -0.2) is 0 Å². The van der Waals surface area contributed by atoms with E-state index in [1.165, 1.54) is 89.0 Å². The Morgan fingerprint density at radius 3 is 1.02 bits per heavy atom. The Hall–Kier alpha value is -8.00. The molecule has 0 amide bonds. The van der Waals surface area contributed by atoms with Crippen LogP contribution in [0, 0.1) is 0 Å². The van der Waals surface area contributed by atoms with E-state index >= 15 is 0 Å². The van der Waals surface area contributed by atoms with Crippen molar-refractivity contribution in [2.45, 2.75) is 10.8 Å². The smallest absolute Gasteiger partial charge is 0.0648 e. The fourth-order valence-electron chi connectivity index (χ4n) is 11.9. The fourth-order valence-corrected chi connectivity index (χ4v) is 11.9. The van der Waals surface area contributed by atoms with Crippen LogP contribution in [0.4, 0.5) is 17.1 Å². The molecule has 0 saturated heterocycles. The third kappa shape index (κ3) is 4.88. The highest BCUT2D eigenvalue weighted by atomic mass is 15.1. The van der Waals surface area contributed by atoms with Crippen LogP contribution in [0.5, 0.6) is 0 Å². The SMILES string of the molecule is c1ccc(-c2ccc(N(c3cccc(-c4ccccc4)c3)c3ccc4c(c3)C35c6ccccc6-c6ccccc6C3(c3ccccc3-c3ccccc35)c3ccccc3-4)cc2)cc1. The maximum absolute atomic E-state index is 2.55. The molecule has 0 fully saturated rings. The molecule has 10 aromatic rings. The summed E-state index contributed by atoms with van der Waals surface area (Å²) < 4.78 is 0. The highest BCUT2D eigenvalue weighted by Crippen LogP contribution is 2.73. The Labute approximate surface area is 368 Å². The summed E-state index contributed by atoms with van der Waals surface area (Å²) in [6.45, 7) is 0. The molecule has 0 atom stereocenters. The van der Waals surface area contributed by atoms with Gasteiger partial charge in [0.15, 0.2) is 0 Å². The molecule has 0 N–H and O–H groups in total. The number of rotatable bonds is 5. The van der Waals surface area contributed by atoms with Gasteiger partial charge in [-0.2, -0.15) is 0 Å². The molecule has 1 nitrogen and oxygen atoms in total. The van der Waals surface area contributed by atoms with Gasteiger partial charge >= 0.3 is 0 Å². The average Bonchev–Trinajstić information content (AvgIpc) is 3.37. The van der Waals surface area contributed by atoms with Crippen molar-refractivity contribution in [3.8, 4) is 55.6 Å². The van der Waals surface area contributed by atoms with E-state index in [2.05, 4.69) is 254 Å². The minimum Gasteiger partial charge on any atom is -0.310 e. The quantitative estimate of drug-likeness (QED) is 0.168. The molecule has 0 saturated carbocycles. The van der Waals surface area contributed by atoms with Crippen LogP contribution in [0.15, 0.2) is 249 Å². The lowest BCUT2D eigenvalue weighted by Crippen LogP contribution is -2.58. The molecule has 3 aliphatic rings. The molecule has 0 heterocycles. The molecular formula is C62H41N. The van der Waals surface area contributed by atoms with Gasteiger partial charge < -0.3 is 4.90 Å². The van der Waals surface area contributed by atoms with Gasteiger partial charge in [0.05, 0.1) is 10.8 Å². The molecule has 63 heavy (non-hydrogen) atoms. The molecule has 0 aromatic heterocycles. The summed E-state index contributed by atoms with van der Waals surface area (Å²) in [7, 11) is 0. The molecule has 294 valence electrons.